The number of anilines is 1. The Morgan fingerprint density at radius 1 is 1.11 bits per heavy atom. The number of aryl methyl sites for hydroxylation is 1. The molecule has 0 saturated carbocycles. The first-order valence-electron chi connectivity index (χ1n) is 16.3. The molecule has 3 saturated heterocycles. The maximum absolute atomic E-state index is 14.0. The molecule has 3 N–H and O–H groups in total. The van der Waals surface area contributed by atoms with Crippen LogP contribution in [-0.4, -0.2) is 60.1 Å². The summed E-state index contributed by atoms with van der Waals surface area (Å²) < 4.78 is 5.74. The maximum atomic E-state index is 14.0. The summed E-state index contributed by atoms with van der Waals surface area (Å²) in [4.78, 5) is 35.6. The summed E-state index contributed by atoms with van der Waals surface area (Å²) in [5.74, 6) is 2.44. The molecule has 1 aromatic carbocycles. The Morgan fingerprint density at radius 3 is 2.52 bits per heavy atom. The van der Waals surface area contributed by atoms with Gasteiger partial charge in [0.1, 0.15) is 5.76 Å². The van der Waals surface area contributed by atoms with Crippen LogP contribution in [0.5, 0.6) is 0 Å². The Balaban J connectivity index is 1.06. The quantitative estimate of drug-likeness (QED) is 0.250. The number of carbonyl (C=O) groups is 2. The number of thiazole rings is 1. The van der Waals surface area contributed by atoms with E-state index in [4.69, 9.17) is 4.52 Å². The molecule has 0 radical (unpaired) electrons. The minimum Gasteiger partial charge on any atom is -0.359 e. The van der Waals surface area contributed by atoms with Crippen LogP contribution in [0.4, 0.5) is 5.82 Å². The van der Waals surface area contributed by atoms with Gasteiger partial charge in [0, 0.05) is 31.5 Å². The van der Waals surface area contributed by atoms with Crippen molar-refractivity contribution in [2.45, 2.75) is 77.3 Å². The lowest BCUT2D eigenvalue weighted by atomic mass is 9.78. The van der Waals surface area contributed by atoms with Gasteiger partial charge in [0.25, 0.3) is 0 Å². The highest BCUT2D eigenvalue weighted by Crippen LogP contribution is 2.36. The molecule has 10 heteroatoms. The lowest BCUT2D eigenvalue weighted by Crippen LogP contribution is -2.62. The van der Waals surface area contributed by atoms with Crippen molar-refractivity contribution in [3.63, 3.8) is 0 Å². The minimum absolute atomic E-state index is 0.0975. The summed E-state index contributed by atoms with van der Waals surface area (Å²) in [6.45, 7) is 12.9. The monoisotopic (exact) mass is 618 g/mol. The second-order valence-corrected chi connectivity index (χ2v) is 14.2. The smallest absolute Gasteiger partial charge is 0.248 e. The first-order valence-corrected chi connectivity index (χ1v) is 17.1. The molecular weight excluding hydrogens is 572 g/mol. The molecule has 0 spiro atoms. The van der Waals surface area contributed by atoms with Crippen molar-refractivity contribution in [1.29, 1.82) is 0 Å². The van der Waals surface area contributed by atoms with Gasteiger partial charge in [-0.15, -0.1) is 11.3 Å². The normalized spacial score (nSPS) is 24.2. The number of ketones is 1. The van der Waals surface area contributed by atoms with Crippen molar-refractivity contribution >= 4 is 28.8 Å². The van der Waals surface area contributed by atoms with E-state index in [1.165, 1.54) is 19.3 Å². The summed E-state index contributed by atoms with van der Waals surface area (Å²) in [5.41, 5.74) is 3.71. The number of hydrogen-bond acceptors (Lipinski definition) is 9. The standard InChI is InChI=1S/C34H46N6O3S/c1-21(29-17-31(39-43-29)40-18-26(19-40)16-25-10-12-35-13-11-25)15-30(41)34(22(2)9-14-37-34)33(42)38-23(3)27-5-7-28(8-6-27)32-24(4)36-20-44-32/h5-8,17,20-23,25-26,35,37H,9-16,18-19H2,1-4H3,(H,38,42)/t21?,22?,23-,34+/m0/s1. The van der Waals surface area contributed by atoms with Crippen LogP contribution >= 0.6 is 11.3 Å². The highest BCUT2D eigenvalue weighted by molar-refractivity contribution is 7.13. The largest absolute Gasteiger partial charge is 0.359 e. The van der Waals surface area contributed by atoms with Crippen LogP contribution in [0.3, 0.4) is 0 Å². The minimum atomic E-state index is -1.26. The maximum Gasteiger partial charge on any atom is 0.248 e. The van der Waals surface area contributed by atoms with Crippen molar-refractivity contribution in [3.05, 3.63) is 52.9 Å². The Morgan fingerprint density at radius 2 is 1.86 bits per heavy atom. The highest BCUT2D eigenvalue weighted by Gasteiger charge is 2.53. The number of nitrogens with zero attached hydrogens (tertiary/aromatic N) is 3. The van der Waals surface area contributed by atoms with Gasteiger partial charge in [-0.05, 0) is 88.0 Å². The Labute approximate surface area is 264 Å². The lowest BCUT2D eigenvalue weighted by Gasteiger charge is -2.41. The number of amides is 1. The number of rotatable bonds is 11. The first kappa shape index (κ1) is 30.9. The second-order valence-electron chi connectivity index (χ2n) is 13.3. The molecule has 0 aliphatic carbocycles. The van der Waals surface area contributed by atoms with Gasteiger partial charge in [0.15, 0.2) is 17.1 Å². The number of piperidine rings is 1. The third-order valence-corrected chi connectivity index (χ3v) is 11.2. The van der Waals surface area contributed by atoms with Crippen LogP contribution in [0.1, 0.15) is 81.9 Å². The van der Waals surface area contributed by atoms with E-state index < -0.39 is 5.54 Å². The third-order valence-electron chi connectivity index (χ3n) is 10.2. The fourth-order valence-corrected chi connectivity index (χ4v) is 8.08. The van der Waals surface area contributed by atoms with Gasteiger partial charge in [0.05, 0.1) is 22.1 Å². The van der Waals surface area contributed by atoms with E-state index in [0.717, 1.165) is 66.0 Å². The highest BCUT2D eigenvalue weighted by atomic mass is 32.1. The zero-order valence-electron chi connectivity index (χ0n) is 26.4. The first-order chi connectivity index (χ1) is 21.2. The average Bonchev–Trinajstić information content (AvgIpc) is 3.75. The van der Waals surface area contributed by atoms with Crippen LogP contribution in [0.25, 0.3) is 10.4 Å². The number of benzene rings is 1. The Kier molecular flexibility index (Phi) is 9.21. The van der Waals surface area contributed by atoms with Crippen molar-refractivity contribution < 1.29 is 14.1 Å². The van der Waals surface area contributed by atoms with E-state index in [0.29, 0.717) is 18.2 Å². The molecule has 2 unspecified atom stereocenters. The van der Waals surface area contributed by atoms with E-state index in [1.54, 1.807) is 11.3 Å². The van der Waals surface area contributed by atoms with Gasteiger partial charge in [-0.1, -0.05) is 43.3 Å². The van der Waals surface area contributed by atoms with Gasteiger partial charge in [0.2, 0.25) is 5.91 Å². The van der Waals surface area contributed by atoms with Crippen LogP contribution in [0.2, 0.25) is 0 Å². The van der Waals surface area contributed by atoms with Gasteiger partial charge in [-0.3, -0.25) is 14.9 Å². The number of Topliss-reactive ketones (excluding diaryl/α,β-unsaturated/α-hetero) is 1. The number of hydrogen-bond donors (Lipinski definition) is 3. The van der Waals surface area contributed by atoms with E-state index >= 15 is 0 Å². The average molecular weight is 619 g/mol. The van der Waals surface area contributed by atoms with E-state index in [2.05, 4.69) is 43.1 Å². The number of aromatic nitrogens is 2. The molecule has 4 atom stereocenters. The summed E-state index contributed by atoms with van der Waals surface area (Å²) >= 11 is 1.62. The molecule has 3 aliphatic rings. The predicted octanol–water partition coefficient (Wildman–Crippen LogP) is 5.24. The van der Waals surface area contributed by atoms with Crippen LogP contribution in [-0.2, 0) is 9.59 Å². The summed E-state index contributed by atoms with van der Waals surface area (Å²) in [6.07, 6.45) is 4.82. The van der Waals surface area contributed by atoms with Gasteiger partial charge >= 0.3 is 0 Å². The van der Waals surface area contributed by atoms with Gasteiger partial charge in [-0.25, -0.2) is 4.98 Å². The Hall–Kier alpha value is -3.08. The summed E-state index contributed by atoms with van der Waals surface area (Å²) in [7, 11) is 0. The number of nitrogens with one attached hydrogen (secondary N) is 3. The van der Waals surface area contributed by atoms with Crippen molar-refractivity contribution in [2.24, 2.45) is 17.8 Å². The van der Waals surface area contributed by atoms with Crippen molar-refractivity contribution in [1.82, 2.24) is 26.1 Å². The number of carbonyl (C=O) groups excluding carboxylic acids is 2. The topological polar surface area (TPSA) is 112 Å². The summed E-state index contributed by atoms with van der Waals surface area (Å²) in [5, 5.41) is 14.3. The molecule has 5 heterocycles. The van der Waals surface area contributed by atoms with Gasteiger partial charge in [-0.2, -0.15) is 0 Å². The molecule has 3 aliphatic heterocycles. The Bertz CT molecular complexity index is 1440. The van der Waals surface area contributed by atoms with E-state index in [1.807, 2.05) is 51.4 Å². The SMILES string of the molecule is Cc1ncsc1-c1ccc([C@H](C)NC(=O)[C@@]2(C(=O)CC(C)c3cc(N4CC(CC5CCNCC5)C4)no3)NCCC2C)cc1. The molecule has 6 rings (SSSR count). The molecule has 3 fully saturated rings. The molecule has 0 bridgehead atoms. The molecule has 9 nitrogen and oxygen atoms in total. The molecular formula is C34H46N6O3S. The fraction of sp³-hybridized carbons (Fsp3) is 0.588. The van der Waals surface area contributed by atoms with E-state index in [9.17, 15) is 9.59 Å². The summed E-state index contributed by atoms with van der Waals surface area (Å²) in [6, 6.07) is 9.95. The van der Waals surface area contributed by atoms with Crippen LogP contribution in [0, 0.1) is 24.7 Å². The molecule has 2 aromatic heterocycles. The fourth-order valence-electron chi connectivity index (χ4n) is 7.27. The van der Waals surface area contributed by atoms with Crippen LogP contribution < -0.4 is 20.9 Å². The lowest BCUT2D eigenvalue weighted by molar-refractivity contribution is -0.139. The predicted molar refractivity (Wildman–Crippen MR) is 174 cm³/mol. The van der Waals surface area contributed by atoms with Gasteiger partial charge < -0.3 is 20.1 Å². The van der Waals surface area contributed by atoms with Crippen molar-refractivity contribution in [3.8, 4) is 10.4 Å². The molecule has 236 valence electrons. The van der Waals surface area contributed by atoms with Crippen molar-refractivity contribution in [2.75, 3.05) is 37.6 Å². The molecule has 1 amide bonds. The zero-order valence-corrected chi connectivity index (χ0v) is 27.2. The van der Waals surface area contributed by atoms with E-state index in [-0.39, 0.29) is 36.0 Å². The third kappa shape index (κ3) is 6.21. The zero-order chi connectivity index (χ0) is 30.8. The second kappa shape index (κ2) is 13.1. The molecule has 44 heavy (non-hydrogen) atoms. The van der Waals surface area contributed by atoms with Crippen LogP contribution in [0.15, 0.2) is 40.4 Å². The molecule has 3 aromatic rings.